The molecule has 32 heavy (non-hydrogen) atoms. The zero-order valence-electron chi connectivity index (χ0n) is 16.0. The molecule has 4 rings (SSSR count). The number of nitrogens with zero attached hydrogens (tertiary/aromatic N) is 4. The van der Waals surface area contributed by atoms with Crippen LogP contribution in [0.4, 0.5) is 17.3 Å². The van der Waals surface area contributed by atoms with Crippen LogP contribution in [0.1, 0.15) is 12.7 Å². The minimum Gasteiger partial charge on any atom is -0.457 e. The summed E-state index contributed by atoms with van der Waals surface area (Å²) in [4.78, 5) is 35.7. The Hall–Kier alpha value is -3.97. The third kappa shape index (κ3) is 3.98. The first-order valence-corrected chi connectivity index (χ1v) is 9.91. The van der Waals surface area contributed by atoms with E-state index in [1.807, 2.05) is 0 Å². The van der Waals surface area contributed by atoms with Gasteiger partial charge >= 0.3 is 0 Å². The minimum atomic E-state index is -0.598. The fourth-order valence-corrected chi connectivity index (χ4v) is 3.79. The molecule has 1 aliphatic heterocycles. The maximum atomic E-state index is 12.8. The molecular weight excluding hydrogens is 464 g/mol. The standard InChI is InChI=1S/C18H11ClN6O6S/c1-8(26)21-15-16(23-31-22-15)24-17(27)14(32-18(24)20)7-10-3-5-13(30-10)9-2-4-11(19)12(6-9)25(28)29/h2-7,20H,1H3,(H,21,22,26). The number of anilines is 2. The number of amides is 2. The van der Waals surface area contributed by atoms with Crippen molar-refractivity contribution in [3.05, 3.63) is 56.1 Å². The van der Waals surface area contributed by atoms with E-state index in [0.717, 1.165) is 16.7 Å². The molecule has 162 valence electrons. The first-order chi connectivity index (χ1) is 15.2. The molecule has 0 atom stereocenters. The van der Waals surface area contributed by atoms with Crippen LogP contribution in [0.5, 0.6) is 0 Å². The molecule has 1 fully saturated rings. The van der Waals surface area contributed by atoms with Crippen molar-refractivity contribution in [1.29, 1.82) is 5.41 Å². The van der Waals surface area contributed by atoms with Gasteiger partial charge in [-0.1, -0.05) is 11.6 Å². The van der Waals surface area contributed by atoms with Crippen LogP contribution >= 0.6 is 23.4 Å². The molecule has 0 bridgehead atoms. The van der Waals surface area contributed by atoms with Crippen molar-refractivity contribution in [2.45, 2.75) is 6.92 Å². The lowest BCUT2D eigenvalue weighted by Gasteiger charge is -2.10. The number of halogens is 1. The number of nitrogens with one attached hydrogen (secondary N) is 2. The van der Waals surface area contributed by atoms with E-state index in [1.54, 1.807) is 18.2 Å². The molecule has 12 nitrogen and oxygen atoms in total. The smallest absolute Gasteiger partial charge is 0.288 e. The van der Waals surface area contributed by atoms with Crippen LogP contribution in [0.3, 0.4) is 0 Å². The number of hydrogen-bond donors (Lipinski definition) is 2. The predicted molar refractivity (Wildman–Crippen MR) is 115 cm³/mol. The van der Waals surface area contributed by atoms with Crippen molar-refractivity contribution in [3.63, 3.8) is 0 Å². The highest BCUT2D eigenvalue weighted by Crippen LogP contribution is 2.38. The summed E-state index contributed by atoms with van der Waals surface area (Å²) in [6, 6.07) is 7.40. The average molecular weight is 475 g/mol. The number of aromatic nitrogens is 2. The number of amidine groups is 1. The van der Waals surface area contributed by atoms with Crippen molar-refractivity contribution in [1.82, 2.24) is 10.3 Å². The summed E-state index contributed by atoms with van der Waals surface area (Å²) in [5.74, 6) is -0.658. The fraction of sp³-hybridized carbons (Fsp3) is 0.0556. The van der Waals surface area contributed by atoms with Crippen molar-refractivity contribution in [2.24, 2.45) is 0 Å². The summed E-state index contributed by atoms with van der Waals surface area (Å²) in [7, 11) is 0. The third-order valence-corrected chi connectivity index (χ3v) is 5.34. The number of benzene rings is 1. The maximum Gasteiger partial charge on any atom is 0.288 e. The summed E-state index contributed by atoms with van der Waals surface area (Å²) in [5.41, 5.74) is 0.168. The van der Waals surface area contributed by atoms with Gasteiger partial charge in [-0.2, -0.15) is 0 Å². The highest BCUT2D eigenvalue weighted by Gasteiger charge is 2.38. The van der Waals surface area contributed by atoms with Gasteiger partial charge in [-0.15, -0.1) is 0 Å². The van der Waals surface area contributed by atoms with Crippen LogP contribution in [0, 0.1) is 15.5 Å². The van der Waals surface area contributed by atoms with Gasteiger partial charge in [-0.05, 0) is 46.3 Å². The van der Waals surface area contributed by atoms with E-state index in [0.29, 0.717) is 11.3 Å². The second-order valence-corrected chi connectivity index (χ2v) is 7.74. The molecule has 0 radical (unpaired) electrons. The van der Waals surface area contributed by atoms with Gasteiger partial charge in [0.15, 0.2) is 5.17 Å². The first kappa shape index (κ1) is 21.3. The van der Waals surface area contributed by atoms with Crippen LogP contribution in [-0.4, -0.2) is 32.2 Å². The van der Waals surface area contributed by atoms with Gasteiger partial charge < -0.3 is 9.73 Å². The summed E-state index contributed by atoms with van der Waals surface area (Å²) in [6.45, 7) is 1.25. The zero-order chi connectivity index (χ0) is 23.0. The van der Waals surface area contributed by atoms with E-state index in [4.69, 9.17) is 21.4 Å². The van der Waals surface area contributed by atoms with Crippen molar-refractivity contribution in [2.75, 3.05) is 10.2 Å². The summed E-state index contributed by atoms with van der Waals surface area (Å²) in [6.07, 6.45) is 1.42. The number of nitro groups is 1. The number of furan rings is 1. The number of thioether (sulfide) groups is 1. The van der Waals surface area contributed by atoms with E-state index in [9.17, 15) is 19.7 Å². The van der Waals surface area contributed by atoms with E-state index in [1.165, 1.54) is 25.1 Å². The highest BCUT2D eigenvalue weighted by molar-refractivity contribution is 8.19. The number of nitro benzene ring substituents is 1. The molecule has 0 aliphatic carbocycles. The first-order valence-electron chi connectivity index (χ1n) is 8.71. The van der Waals surface area contributed by atoms with E-state index in [-0.39, 0.29) is 38.2 Å². The van der Waals surface area contributed by atoms with Crippen LogP contribution in [0.25, 0.3) is 17.4 Å². The fourth-order valence-electron chi connectivity index (χ4n) is 2.78. The number of carbonyl (C=O) groups is 2. The molecule has 0 saturated carbocycles. The van der Waals surface area contributed by atoms with Crippen LogP contribution in [0.15, 0.2) is 44.3 Å². The Labute approximate surface area is 187 Å². The van der Waals surface area contributed by atoms with Crippen molar-refractivity contribution >= 4 is 63.7 Å². The second-order valence-electron chi connectivity index (χ2n) is 6.30. The van der Waals surface area contributed by atoms with Crippen molar-refractivity contribution in [3.8, 4) is 11.3 Å². The molecule has 3 heterocycles. The summed E-state index contributed by atoms with van der Waals surface area (Å²) >= 11 is 6.68. The molecule has 14 heteroatoms. The Morgan fingerprint density at radius 1 is 1.34 bits per heavy atom. The summed E-state index contributed by atoms with van der Waals surface area (Å²) in [5, 5.41) is 28.5. The Morgan fingerprint density at radius 2 is 2.12 bits per heavy atom. The topological polar surface area (TPSA) is 168 Å². The zero-order valence-corrected chi connectivity index (χ0v) is 17.6. The Balaban J connectivity index is 1.61. The normalized spacial score (nSPS) is 14.9. The maximum absolute atomic E-state index is 12.8. The van der Waals surface area contributed by atoms with Gasteiger partial charge in [-0.25, -0.2) is 9.53 Å². The second kappa shape index (κ2) is 8.28. The van der Waals surface area contributed by atoms with Crippen LogP contribution in [-0.2, 0) is 9.59 Å². The number of hydrogen-bond acceptors (Lipinski definition) is 10. The molecular formula is C18H11ClN6O6S. The summed E-state index contributed by atoms with van der Waals surface area (Å²) < 4.78 is 10.3. The van der Waals surface area contributed by atoms with Crippen LogP contribution < -0.4 is 10.2 Å². The molecule has 1 aromatic carbocycles. The quantitative estimate of drug-likeness (QED) is 0.316. The van der Waals surface area contributed by atoms with Crippen molar-refractivity contribution < 1.29 is 23.6 Å². The van der Waals surface area contributed by atoms with Crippen LogP contribution in [0.2, 0.25) is 5.02 Å². The van der Waals surface area contributed by atoms with E-state index < -0.39 is 16.7 Å². The largest absolute Gasteiger partial charge is 0.457 e. The SMILES string of the molecule is CC(=O)Nc1nonc1N1C(=N)SC(=Cc2ccc(-c3ccc(Cl)c([N+](=O)[O-])c3)o2)C1=O. The Bertz CT molecular complexity index is 1310. The molecule has 1 saturated heterocycles. The lowest BCUT2D eigenvalue weighted by Crippen LogP contribution is -2.29. The minimum absolute atomic E-state index is 0.000168. The lowest BCUT2D eigenvalue weighted by molar-refractivity contribution is -0.384. The molecule has 2 amide bonds. The average Bonchev–Trinajstić information content (AvgIpc) is 3.43. The highest BCUT2D eigenvalue weighted by atomic mass is 35.5. The molecule has 2 N–H and O–H groups in total. The van der Waals surface area contributed by atoms with Gasteiger partial charge in [-0.3, -0.25) is 25.1 Å². The molecule has 3 aromatic rings. The molecule has 0 unspecified atom stereocenters. The Morgan fingerprint density at radius 3 is 2.84 bits per heavy atom. The predicted octanol–water partition coefficient (Wildman–Crippen LogP) is 3.91. The third-order valence-electron chi connectivity index (χ3n) is 4.13. The Kier molecular flexibility index (Phi) is 5.50. The molecule has 2 aromatic heterocycles. The van der Waals surface area contributed by atoms with Gasteiger partial charge in [0, 0.05) is 24.6 Å². The van der Waals surface area contributed by atoms with E-state index in [2.05, 4.69) is 20.3 Å². The number of carbonyl (C=O) groups excluding carboxylic acids is 2. The van der Waals surface area contributed by atoms with E-state index >= 15 is 0 Å². The molecule has 0 spiro atoms. The monoisotopic (exact) mass is 474 g/mol. The van der Waals surface area contributed by atoms with Gasteiger partial charge in [0.25, 0.3) is 11.6 Å². The lowest BCUT2D eigenvalue weighted by atomic mass is 10.1. The van der Waals surface area contributed by atoms with Gasteiger partial charge in [0.2, 0.25) is 17.5 Å². The van der Waals surface area contributed by atoms with Gasteiger partial charge in [0.05, 0.1) is 9.83 Å². The number of rotatable bonds is 5. The van der Waals surface area contributed by atoms with Gasteiger partial charge in [0.1, 0.15) is 16.5 Å². The molecule has 1 aliphatic rings.